The van der Waals surface area contributed by atoms with Crippen molar-refractivity contribution in [2.75, 3.05) is 14.2 Å². The molecule has 0 unspecified atom stereocenters. The van der Waals surface area contributed by atoms with E-state index in [1.165, 1.54) is 174 Å². The molecule has 16 N–H and O–H groups in total. The van der Waals surface area contributed by atoms with Gasteiger partial charge in [-0.25, -0.2) is 33.6 Å². The number of methoxy groups -OCH3 is 2. The maximum atomic E-state index is 11.9. The van der Waals surface area contributed by atoms with Gasteiger partial charge in [-0.3, -0.25) is 24.0 Å². The lowest BCUT2D eigenvalue weighted by Gasteiger charge is -2.39. The lowest BCUT2D eigenvalue weighted by Crippen LogP contribution is -2.54. The number of aromatic hydroxyl groups is 11. The number of aliphatic hydroxyl groups is 3. The van der Waals surface area contributed by atoms with E-state index in [0.29, 0.717) is 34.4 Å². The summed E-state index contributed by atoms with van der Waals surface area (Å²) < 4.78 is 23.6. The van der Waals surface area contributed by atoms with Crippen LogP contribution in [0, 0.1) is 12.8 Å². The molecule has 0 saturated heterocycles. The van der Waals surface area contributed by atoms with Crippen LogP contribution in [0.3, 0.4) is 0 Å². The molecule has 11 rings (SSSR count). The number of aliphatic hydroxyl groups excluding tert-OH is 2. The molecule has 33 nitrogen and oxygen atoms in total. The molecule has 1 aliphatic carbocycles. The van der Waals surface area contributed by atoms with Crippen molar-refractivity contribution in [2.45, 2.75) is 97.9 Å². The van der Waals surface area contributed by atoms with E-state index >= 15 is 0 Å². The van der Waals surface area contributed by atoms with Gasteiger partial charge in [0.05, 0.1) is 20.3 Å². The first kappa shape index (κ1) is 117. The summed E-state index contributed by atoms with van der Waals surface area (Å²) in [5.74, 6) is -9.61. The number of aliphatic carboxylic acids is 2. The number of carboxylic acid groups (broad SMARTS) is 2. The minimum atomic E-state index is -2.06. The van der Waals surface area contributed by atoms with Crippen LogP contribution in [0.5, 0.6) is 63.2 Å². The summed E-state index contributed by atoms with van der Waals surface area (Å²) in [7, 11) is 2.64. The topological polar surface area (TPSA) is 575 Å². The second-order valence-electron chi connectivity index (χ2n) is 30.1. The summed E-state index contributed by atoms with van der Waals surface area (Å²) in [6.45, 7) is 10.8. The highest BCUT2D eigenvalue weighted by atomic mass is 16.6. The number of hydrogen-bond acceptors (Lipinski definition) is 31. The van der Waals surface area contributed by atoms with Gasteiger partial charge < -0.3 is 105 Å². The number of Topliss-reactive ketones (excluding diaryl/α,β-unsaturated/α-hetero) is 1. The monoisotopic (exact) mass is 1930 g/mol. The van der Waals surface area contributed by atoms with Gasteiger partial charge in [0.15, 0.2) is 86.6 Å². The predicted octanol–water partition coefficient (Wildman–Crippen LogP) is 15.3. The first-order valence-electron chi connectivity index (χ1n) is 42.2. The standard InChI is InChI=1S/C17H20O8.C17H16O2.C14H14O8.C10H10O4.2C10H10O3.2C10H10O2.C10H10O/c1-9-7-17(24,16(22)23)8-13(15(9)21)25-14(20)5-3-10-2-4-11(18)12(19)6-10;1-14-7-9-16(10-8-14)13-19-17(18)12-11-15-5-3-2-4-6-15;1-7(15)12(19)13(14(20)21)22-11(18)5-3-8-2-4-9(16)10(17)6-8;1-14-10(13)5-3-7-2-4-8(11)9(12)6-7;1-7(11)2-3-8-4-5-9(12)6-10(8)13;1-7(11)2-3-8-4-5-9(12)10(13)6-8;1-8(11)2-3-9-4-6-10(12)7-5-9;1-12-10(11)8-7-9-5-3-2-4-6-9;1-9(11)7-8-10-5-3-2-4-6-10/h2-6,9,13,15,18-19,21,24H,7-8H2,1H3,(H,22,23);2-12H,13H2,1H3;2-6,12-13,16-17,19H,1H3,(H,20,21);2-6,11-12H,1H3;2*2-6,12-13H,1H3;2-7,12H,1H3;2-8H,1H3;2-8H,1H3/b5-3+;12-11+;2*5-3+;3*3-2+;2*8-7+/t9-,13-,15-,17+;;12-,13+;;;;;;/m1.0....../s1. The van der Waals surface area contributed by atoms with Crippen LogP contribution < -0.4 is 0 Å². The minimum absolute atomic E-state index is 0.00234. The predicted molar refractivity (Wildman–Crippen MR) is 526 cm³/mol. The summed E-state index contributed by atoms with van der Waals surface area (Å²) in [6, 6.07) is 64.1. The van der Waals surface area contributed by atoms with Gasteiger partial charge in [-0.05, 0) is 238 Å². The van der Waals surface area contributed by atoms with E-state index in [4.69, 9.17) is 55.4 Å². The summed E-state index contributed by atoms with van der Waals surface area (Å²) in [4.78, 5) is 132. The molecular weight excluding hydrogens is 1830 g/mol. The number of carbonyl (C=O) groups is 12. The number of benzene rings is 10. The van der Waals surface area contributed by atoms with Crippen molar-refractivity contribution in [1.82, 2.24) is 0 Å². The minimum Gasteiger partial charge on any atom is -0.508 e. The van der Waals surface area contributed by atoms with Gasteiger partial charge >= 0.3 is 41.8 Å². The van der Waals surface area contributed by atoms with Crippen LogP contribution in [0.2, 0.25) is 0 Å². The normalized spacial score (nSPS) is 14.3. The molecule has 6 atom stereocenters. The smallest absolute Gasteiger partial charge is 0.348 e. The van der Waals surface area contributed by atoms with Gasteiger partial charge in [0.2, 0.25) is 6.10 Å². The van der Waals surface area contributed by atoms with Gasteiger partial charge in [-0.1, -0.05) is 182 Å². The van der Waals surface area contributed by atoms with E-state index < -0.39 is 83.7 Å². The molecule has 141 heavy (non-hydrogen) atoms. The Morgan fingerprint density at radius 2 is 0.688 bits per heavy atom. The Balaban J connectivity index is 0.000000414. The Labute approximate surface area is 812 Å². The molecule has 740 valence electrons. The second kappa shape index (κ2) is 62.7. The van der Waals surface area contributed by atoms with Crippen molar-refractivity contribution in [1.29, 1.82) is 0 Å². The molecule has 0 aromatic heterocycles. The number of phenols is 11. The van der Waals surface area contributed by atoms with Crippen LogP contribution in [0.15, 0.2) is 285 Å². The van der Waals surface area contributed by atoms with Gasteiger partial charge in [0.25, 0.3) is 0 Å². The van der Waals surface area contributed by atoms with Crippen molar-refractivity contribution >= 4 is 125 Å². The number of carboxylic acids is 2. The Kier molecular flexibility index (Phi) is 52.2. The zero-order valence-electron chi connectivity index (χ0n) is 77.9. The molecule has 1 saturated carbocycles. The fourth-order valence-corrected chi connectivity index (χ4v) is 10.9. The summed E-state index contributed by atoms with van der Waals surface area (Å²) >= 11 is 0. The largest absolute Gasteiger partial charge is 0.508 e. The van der Waals surface area contributed by atoms with E-state index in [9.17, 15) is 93.3 Å². The molecule has 0 spiro atoms. The number of phenolic OH excluding ortho intramolecular Hbond substituents is 11. The maximum absolute atomic E-state index is 11.9. The lowest BCUT2D eigenvalue weighted by atomic mass is 9.75. The quantitative estimate of drug-likeness (QED) is 0.0104. The van der Waals surface area contributed by atoms with Crippen molar-refractivity contribution in [3.05, 3.63) is 346 Å². The highest BCUT2D eigenvalue weighted by molar-refractivity contribution is 5.95. The fraction of sp³-hybridized carbons (Fsp3) is 0.167. The van der Waals surface area contributed by atoms with Crippen LogP contribution in [0.1, 0.15) is 116 Å². The molecule has 0 aliphatic heterocycles. The molecule has 1 fully saturated rings. The van der Waals surface area contributed by atoms with E-state index in [2.05, 4.69) is 14.2 Å². The Morgan fingerprint density at radius 3 is 1.04 bits per heavy atom. The van der Waals surface area contributed by atoms with E-state index in [1.54, 1.807) is 80.6 Å². The number of ketones is 5. The summed E-state index contributed by atoms with van der Waals surface area (Å²) in [6.07, 6.45) is 19.0. The number of rotatable bonds is 26. The highest BCUT2D eigenvalue weighted by Crippen LogP contribution is 2.36. The molecule has 0 bridgehead atoms. The van der Waals surface area contributed by atoms with Gasteiger partial charge in [0.1, 0.15) is 30.0 Å². The van der Waals surface area contributed by atoms with Crippen LogP contribution >= 0.6 is 0 Å². The zero-order valence-corrected chi connectivity index (χ0v) is 77.9. The Bertz CT molecular complexity index is 6090. The maximum Gasteiger partial charge on any atom is 0.348 e. The number of ether oxygens (including phenoxy) is 5. The summed E-state index contributed by atoms with van der Waals surface area (Å²) in [5, 5.41) is 148. The zero-order chi connectivity index (χ0) is 105. The van der Waals surface area contributed by atoms with E-state index in [0.717, 1.165) is 53.0 Å². The number of esters is 5. The van der Waals surface area contributed by atoms with Crippen molar-refractivity contribution in [3.8, 4) is 63.2 Å². The fourth-order valence-electron chi connectivity index (χ4n) is 10.9. The molecule has 0 amide bonds. The first-order chi connectivity index (χ1) is 66.7. The lowest BCUT2D eigenvalue weighted by molar-refractivity contribution is -0.187. The van der Waals surface area contributed by atoms with Gasteiger partial charge in [-0.15, -0.1) is 0 Å². The van der Waals surface area contributed by atoms with Gasteiger partial charge in [-0.2, -0.15) is 0 Å². The van der Waals surface area contributed by atoms with Crippen LogP contribution in [-0.4, -0.2) is 197 Å². The second-order valence-corrected chi connectivity index (χ2v) is 30.1. The van der Waals surface area contributed by atoms with Crippen molar-refractivity contribution < 1.29 is 163 Å². The third-order valence-electron chi connectivity index (χ3n) is 18.3. The average Bonchev–Trinajstić information content (AvgIpc) is 0.791. The van der Waals surface area contributed by atoms with Gasteiger partial charge in [0, 0.05) is 48.4 Å². The molecule has 0 heterocycles. The molecule has 33 heteroatoms. The number of allylic oxidation sites excluding steroid dienone is 4. The molecule has 0 radical (unpaired) electrons. The van der Waals surface area contributed by atoms with Crippen LogP contribution in [0.25, 0.3) is 54.7 Å². The SMILES string of the molecule is CC(=O)/C=C/c1ccc(O)c(O)c1.CC(=O)/C=C/c1ccc(O)cc1.CC(=O)/C=C/c1ccc(O)cc1O.CC(=O)/C=C/c1ccccc1.CC(=O)[C@H](O)[C@@H](OC(=O)/C=C/c1ccc(O)c(O)c1)C(=O)O.COC(=O)/C=C/c1ccc(O)c(O)c1.COC(=O)/C=C/c1ccccc1.C[C@@H]1C[C@@](O)(C(=O)O)C[C@@H](OC(=O)/C=C/c2ccc(O)c(O)c2)[C@@H]1O.Cc1ccc(COC(=O)/C=C/c2ccccc2)cc1. The molecule has 1 aliphatic rings. The molecule has 10 aromatic rings. The highest BCUT2D eigenvalue weighted by Gasteiger charge is 2.49. The van der Waals surface area contributed by atoms with E-state index in [-0.39, 0.29) is 99.0 Å². The first-order valence-corrected chi connectivity index (χ1v) is 42.2. The third kappa shape index (κ3) is 49.3. The Morgan fingerprint density at radius 1 is 0.362 bits per heavy atom. The molecule has 10 aromatic carbocycles. The van der Waals surface area contributed by atoms with E-state index in [1.807, 2.05) is 128 Å². The third-order valence-corrected chi connectivity index (χ3v) is 18.3. The summed E-state index contributed by atoms with van der Waals surface area (Å²) in [5.41, 5.74) is 6.60. The van der Waals surface area contributed by atoms with Crippen molar-refractivity contribution in [3.63, 3.8) is 0 Å². The number of aryl methyl sites for hydroxylation is 1. The molecular formula is C108H110O33. The number of carbonyl (C=O) groups excluding carboxylic acids is 10. The number of hydrogen-bond donors (Lipinski definition) is 16. The van der Waals surface area contributed by atoms with Crippen LogP contribution in [-0.2, 0) is 87.8 Å². The van der Waals surface area contributed by atoms with Crippen LogP contribution in [0.4, 0.5) is 0 Å². The average molecular weight is 1940 g/mol. The Hall–Kier alpha value is -17.8. The van der Waals surface area contributed by atoms with Crippen molar-refractivity contribution in [2.24, 2.45) is 5.92 Å².